The van der Waals surface area contributed by atoms with Gasteiger partial charge in [-0.2, -0.15) is 0 Å². The number of aryl methyl sites for hydroxylation is 1. The number of aromatic amines is 1. The molecule has 10 nitrogen and oxygen atoms in total. The van der Waals surface area contributed by atoms with Crippen LogP contribution in [0.5, 0.6) is 5.75 Å². The molecule has 1 saturated heterocycles. The van der Waals surface area contributed by atoms with E-state index in [1.54, 1.807) is 12.3 Å². The van der Waals surface area contributed by atoms with Crippen LogP contribution in [0.15, 0.2) is 72.9 Å². The maximum atomic E-state index is 14.5. The van der Waals surface area contributed by atoms with E-state index in [1.165, 1.54) is 12.1 Å². The number of amides is 1. The Morgan fingerprint density at radius 3 is 2.67 bits per heavy atom. The average Bonchev–Trinajstić information content (AvgIpc) is 3.48. The molecule has 2 aromatic carbocycles. The second-order valence-corrected chi connectivity index (χ2v) is 14.2. The van der Waals surface area contributed by atoms with E-state index < -0.39 is 23.3 Å². The van der Waals surface area contributed by atoms with Gasteiger partial charge in [-0.3, -0.25) is 0 Å². The summed E-state index contributed by atoms with van der Waals surface area (Å²) in [6.45, 7) is 9.11. The Kier molecular flexibility index (Phi) is 9.15. The fourth-order valence-electron chi connectivity index (χ4n) is 6.57. The van der Waals surface area contributed by atoms with Crippen LogP contribution in [0.1, 0.15) is 46.1 Å². The van der Waals surface area contributed by atoms with Crippen LogP contribution in [-0.4, -0.2) is 55.9 Å². The number of aromatic nitrogens is 4. The van der Waals surface area contributed by atoms with E-state index in [9.17, 15) is 14.3 Å². The number of halogens is 2. The molecule has 0 saturated carbocycles. The molecule has 1 aliphatic rings. The molecule has 0 spiro atoms. The number of hydrogen-bond donors (Lipinski definition) is 4. The SMILES string of the molecule is CCc1c(-c2cc(Nc3ccc(N4CCCC(NC(=O)OC(C)(C)C)C4)nc3)c3nc(-c4cc(F)c(O)c(Cl)c4)ccc3n2)[nH]c2ccccc12. The molecule has 51 heavy (non-hydrogen) atoms. The van der Waals surface area contributed by atoms with Crippen LogP contribution in [0.2, 0.25) is 5.02 Å². The number of anilines is 3. The molecule has 12 heteroatoms. The quantitative estimate of drug-likeness (QED) is 0.129. The number of aromatic hydroxyl groups is 1. The van der Waals surface area contributed by atoms with Crippen LogP contribution in [0.25, 0.3) is 44.6 Å². The number of benzene rings is 2. The van der Waals surface area contributed by atoms with Gasteiger partial charge >= 0.3 is 6.09 Å². The van der Waals surface area contributed by atoms with Crippen molar-refractivity contribution in [2.24, 2.45) is 0 Å². The number of carbonyl (C=O) groups is 1. The van der Waals surface area contributed by atoms with Crippen molar-refractivity contribution < 1.29 is 19.0 Å². The second kappa shape index (κ2) is 13.7. The molecule has 1 atom stereocenters. The number of nitrogens with one attached hydrogen (secondary N) is 3. The fourth-order valence-corrected chi connectivity index (χ4v) is 6.78. The highest BCUT2D eigenvalue weighted by molar-refractivity contribution is 6.32. The van der Waals surface area contributed by atoms with Crippen LogP contribution in [0.3, 0.4) is 0 Å². The largest absolute Gasteiger partial charge is 0.504 e. The second-order valence-electron chi connectivity index (χ2n) is 13.7. The van der Waals surface area contributed by atoms with Crippen LogP contribution >= 0.6 is 11.6 Å². The molecule has 4 aromatic heterocycles. The first kappa shape index (κ1) is 34.0. The van der Waals surface area contributed by atoms with Gasteiger partial charge in [0.1, 0.15) is 16.9 Å². The van der Waals surface area contributed by atoms with E-state index in [-0.39, 0.29) is 11.1 Å². The summed E-state index contributed by atoms with van der Waals surface area (Å²) in [5.41, 5.74) is 6.78. The minimum atomic E-state index is -0.830. The smallest absolute Gasteiger partial charge is 0.407 e. The van der Waals surface area contributed by atoms with Crippen molar-refractivity contribution >= 4 is 56.8 Å². The number of fused-ring (bicyclic) bond motifs is 2. The number of alkyl carbamates (subject to hydrolysis) is 1. The predicted molar refractivity (Wildman–Crippen MR) is 200 cm³/mol. The zero-order valence-corrected chi connectivity index (χ0v) is 29.6. The van der Waals surface area contributed by atoms with E-state index >= 15 is 0 Å². The Morgan fingerprint density at radius 2 is 1.92 bits per heavy atom. The lowest BCUT2D eigenvalue weighted by Crippen LogP contribution is -2.49. The molecule has 6 aromatic rings. The minimum Gasteiger partial charge on any atom is -0.504 e. The maximum absolute atomic E-state index is 14.5. The predicted octanol–water partition coefficient (Wildman–Crippen LogP) is 9.14. The Morgan fingerprint density at radius 1 is 1.10 bits per heavy atom. The van der Waals surface area contributed by atoms with Crippen LogP contribution < -0.4 is 15.5 Å². The van der Waals surface area contributed by atoms with Crippen LogP contribution in [-0.2, 0) is 11.2 Å². The number of para-hydroxylation sites is 1. The highest BCUT2D eigenvalue weighted by Gasteiger charge is 2.25. The molecule has 0 bridgehead atoms. The average molecular weight is 708 g/mol. The van der Waals surface area contributed by atoms with E-state index in [2.05, 4.69) is 39.6 Å². The van der Waals surface area contributed by atoms with E-state index in [1.807, 2.05) is 57.2 Å². The Hall–Kier alpha value is -5.42. The molecule has 4 N–H and O–H groups in total. The third-order valence-corrected chi connectivity index (χ3v) is 9.17. The number of nitrogens with zero attached hydrogens (tertiary/aromatic N) is 4. The first-order valence-electron chi connectivity index (χ1n) is 17.0. The summed E-state index contributed by atoms with van der Waals surface area (Å²) in [6.07, 6.45) is 3.93. The minimum absolute atomic E-state index is 0.0512. The lowest BCUT2D eigenvalue weighted by atomic mass is 10.1. The Bertz CT molecular complexity index is 2230. The van der Waals surface area contributed by atoms with Crippen molar-refractivity contribution in [3.8, 4) is 28.4 Å². The third kappa shape index (κ3) is 7.25. The van der Waals surface area contributed by atoms with Crippen molar-refractivity contribution in [2.75, 3.05) is 23.3 Å². The highest BCUT2D eigenvalue weighted by Crippen LogP contribution is 2.37. The number of ether oxygens (including phenoxy) is 1. The zero-order valence-electron chi connectivity index (χ0n) is 28.8. The summed E-state index contributed by atoms with van der Waals surface area (Å²) in [4.78, 5) is 32.8. The molecular formula is C39H39ClFN7O3. The number of H-pyrrole nitrogens is 1. The van der Waals surface area contributed by atoms with Crippen molar-refractivity contribution in [1.82, 2.24) is 25.3 Å². The maximum Gasteiger partial charge on any atom is 0.407 e. The molecular weight excluding hydrogens is 669 g/mol. The summed E-state index contributed by atoms with van der Waals surface area (Å²) in [7, 11) is 0. The van der Waals surface area contributed by atoms with Gasteiger partial charge in [-0.05, 0) is 94.1 Å². The lowest BCUT2D eigenvalue weighted by Gasteiger charge is -2.34. The molecule has 1 amide bonds. The molecule has 1 unspecified atom stereocenters. The summed E-state index contributed by atoms with van der Waals surface area (Å²) >= 11 is 6.12. The van der Waals surface area contributed by atoms with Gasteiger partial charge in [-0.25, -0.2) is 24.1 Å². The molecule has 7 rings (SSSR count). The molecule has 0 aliphatic carbocycles. The van der Waals surface area contributed by atoms with Crippen molar-refractivity contribution in [2.45, 2.75) is 58.6 Å². The van der Waals surface area contributed by atoms with Gasteiger partial charge in [0.15, 0.2) is 11.6 Å². The lowest BCUT2D eigenvalue weighted by molar-refractivity contribution is 0.0500. The number of pyridine rings is 3. The van der Waals surface area contributed by atoms with E-state index in [4.69, 9.17) is 31.3 Å². The van der Waals surface area contributed by atoms with E-state index in [0.29, 0.717) is 34.5 Å². The first-order valence-corrected chi connectivity index (χ1v) is 17.4. The summed E-state index contributed by atoms with van der Waals surface area (Å²) in [6, 6.07) is 20.3. The number of rotatable bonds is 7. The number of piperidine rings is 1. The van der Waals surface area contributed by atoms with Gasteiger partial charge in [0, 0.05) is 35.6 Å². The topological polar surface area (TPSA) is 128 Å². The number of phenols is 1. The Balaban J connectivity index is 1.22. The van der Waals surface area contributed by atoms with Gasteiger partial charge in [0.2, 0.25) is 0 Å². The normalized spacial score (nSPS) is 14.9. The van der Waals surface area contributed by atoms with Crippen molar-refractivity contribution in [3.05, 3.63) is 89.3 Å². The zero-order chi connectivity index (χ0) is 35.9. The Labute approximate surface area is 300 Å². The van der Waals surface area contributed by atoms with Crippen LogP contribution in [0.4, 0.5) is 26.4 Å². The van der Waals surface area contributed by atoms with Gasteiger partial charge in [0.25, 0.3) is 0 Å². The summed E-state index contributed by atoms with van der Waals surface area (Å²) in [5, 5.41) is 17.5. The monoisotopic (exact) mass is 707 g/mol. The molecule has 5 heterocycles. The van der Waals surface area contributed by atoms with Crippen molar-refractivity contribution in [1.29, 1.82) is 0 Å². The van der Waals surface area contributed by atoms with Gasteiger partial charge in [-0.15, -0.1) is 0 Å². The molecule has 1 fully saturated rings. The van der Waals surface area contributed by atoms with Gasteiger partial charge < -0.3 is 30.4 Å². The first-order chi connectivity index (χ1) is 24.5. The number of hydrogen-bond acceptors (Lipinski definition) is 8. The molecule has 262 valence electrons. The van der Waals surface area contributed by atoms with E-state index in [0.717, 1.165) is 65.2 Å². The van der Waals surface area contributed by atoms with Gasteiger partial charge in [0.05, 0.1) is 45.2 Å². The summed E-state index contributed by atoms with van der Waals surface area (Å²) in [5.74, 6) is -0.631. The fraction of sp³-hybridized carbons (Fsp3) is 0.282. The van der Waals surface area contributed by atoms with Crippen LogP contribution in [0, 0.1) is 5.82 Å². The number of phenolic OH excluding ortho intramolecular Hbond substituents is 1. The van der Waals surface area contributed by atoms with Gasteiger partial charge in [-0.1, -0.05) is 36.7 Å². The number of carbonyl (C=O) groups excluding carboxylic acids is 1. The molecule has 1 aliphatic heterocycles. The standard InChI is InChI=1S/C39H39ClFN7O3/c1-5-25-26-10-6-7-11-30(26)47-35(25)32-19-33(36-31(45-32)14-13-29(46-36)22-17-27(40)37(49)28(41)18-22)43-23-12-15-34(42-20-23)48-16-8-9-24(21-48)44-38(50)51-39(2,3)4/h6-7,10-15,17-20,24,47,49H,5,8-9,16,21H2,1-4H3,(H,43,45)(H,44,50). The van der Waals surface area contributed by atoms with Crippen molar-refractivity contribution in [3.63, 3.8) is 0 Å². The highest BCUT2D eigenvalue weighted by atomic mass is 35.5. The summed E-state index contributed by atoms with van der Waals surface area (Å²) < 4.78 is 19.9. The third-order valence-electron chi connectivity index (χ3n) is 8.88. The molecule has 0 radical (unpaired) electrons.